The number of likely N-dealkylation sites (tertiary alicyclic amines) is 1. The number of fused-ring (bicyclic) bond motifs is 1. The monoisotopic (exact) mass is 761 g/mol. The van der Waals surface area contributed by atoms with Gasteiger partial charge in [0.15, 0.2) is 0 Å². The molecule has 6 N–H and O–H groups in total. The molecule has 4 aromatic rings. The summed E-state index contributed by atoms with van der Waals surface area (Å²) in [6, 6.07) is 16.0. The lowest BCUT2D eigenvalue weighted by Crippen LogP contribution is -2.48. The fourth-order valence-electron chi connectivity index (χ4n) is 5.94. The molecule has 278 valence electrons. The van der Waals surface area contributed by atoms with Crippen molar-refractivity contribution in [3.63, 3.8) is 0 Å². The molecule has 2 heterocycles. The highest BCUT2D eigenvalue weighted by molar-refractivity contribution is 6.36. The minimum absolute atomic E-state index is 0.0881. The Balaban J connectivity index is 1.50. The van der Waals surface area contributed by atoms with Crippen LogP contribution in [0.3, 0.4) is 0 Å². The smallest absolute Gasteiger partial charge is 0.410 e. The van der Waals surface area contributed by atoms with E-state index in [-0.39, 0.29) is 33.7 Å². The van der Waals surface area contributed by atoms with Crippen molar-refractivity contribution < 1.29 is 18.7 Å². The number of anilines is 3. The van der Waals surface area contributed by atoms with Crippen molar-refractivity contribution in [3.8, 4) is 6.07 Å². The Morgan fingerprint density at radius 2 is 1.79 bits per heavy atom. The van der Waals surface area contributed by atoms with Gasteiger partial charge in [0, 0.05) is 67.9 Å². The Morgan fingerprint density at radius 3 is 2.43 bits per heavy atom. The summed E-state index contributed by atoms with van der Waals surface area (Å²) in [5, 5.41) is 18.9. The van der Waals surface area contributed by atoms with Gasteiger partial charge in [-0.2, -0.15) is 5.26 Å². The van der Waals surface area contributed by atoms with Crippen LogP contribution in [0.2, 0.25) is 10.0 Å². The molecule has 1 saturated heterocycles. The van der Waals surface area contributed by atoms with Crippen LogP contribution in [0.15, 0.2) is 72.7 Å². The number of nitriles is 1. The Hall–Kier alpha value is -5.29. The van der Waals surface area contributed by atoms with Gasteiger partial charge in [0.05, 0.1) is 38.6 Å². The average Bonchev–Trinajstić information content (AvgIpc) is 3.11. The van der Waals surface area contributed by atoms with Gasteiger partial charge in [0.1, 0.15) is 17.5 Å². The predicted octanol–water partition coefficient (Wildman–Crippen LogP) is 7.53. The molecule has 2 amide bonds. The van der Waals surface area contributed by atoms with Gasteiger partial charge in [-0.15, -0.1) is 0 Å². The van der Waals surface area contributed by atoms with E-state index in [1.54, 1.807) is 60.5 Å². The second-order valence-electron chi connectivity index (χ2n) is 13.9. The molecule has 0 bridgehead atoms. The molecule has 1 aliphatic rings. The van der Waals surface area contributed by atoms with E-state index < -0.39 is 17.5 Å². The number of benzene rings is 3. The SMILES string of the molecule is CN(C)C(=O)c1cccc(C(Nc2cc(Cl)c3ncc(C#N)c(Nc4ccc(F)c(Cl)c4)c3c2)/C(N)=C/N(N)C2CCN(C(=O)OC(C)(C)C)CC2)c1. The molecule has 1 aromatic heterocycles. The lowest BCUT2D eigenvalue weighted by molar-refractivity contribution is 0.0165. The van der Waals surface area contributed by atoms with Crippen LogP contribution in [0.25, 0.3) is 10.9 Å². The summed E-state index contributed by atoms with van der Waals surface area (Å²) in [5.74, 6) is 5.83. The lowest BCUT2D eigenvalue weighted by atomic mass is 9.99. The van der Waals surface area contributed by atoms with Crippen LogP contribution in [0.1, 0.15) is 61.1 Å². The maximum Gasteiger partial charge on any atom is 0.410 e. The van der Waals surface area contributed by atoms with Crippen LogP contribution in [0, 0.1) is 17.1 Å². The number of aromatic nitrogens is 1. The number of nitrogens with two attached hydrogens (primary N) is 2. The molecule has 0 aliphatic carbocycles. The summed E-state index contributed by atoms with van der Waals surface area (Å²) >= 11 is 12.8. The van der Waals surface area contributed by atoms with Crippen molar-refractivity contribution >= 4 is 63.2 Å². The van der Waals surface area contributed by atoms with E-state index in [0.717, 1.165) is 0 Å². The number of nitrogens with zero attached hydrogens (tertiary/aromatic N) is 5. The van der Waals surface area contributed by atoms with Gasteiger partial charge in [0.2, 0.25) is 0 Å². The zero-order valence-electron chi connectivity index (χ0n) is 30.1. The van der Waals surface area contributed by atoms with Gasteiger partial charge < -0.3 is 35.9 Å². The molecular weight excluding hydrogens is 720 g/mol. The maximum atomic E-state index is 13.9. The zero-order chi connectivity index (χ0) is 38.6. The molecule has 12 nitrogen and oxygen atoms in total. The third-order valence-corrected chi connectivity index (χ3v) is 9.17. The minimum atomic E-state index is -0.717. The Bertz CT molecular complexity index is 2090. The van der Waals surface area contributed by atoms with Gasteiger partial charge in [-0.3, -0.25) is 9.78 Å². The van der Waals surface area contributed by atoms with Gasteiger partial charge in [0.25, 0.3) is 5.91 Å². The third-order valence-electron chi connectivity index (χ3n) is 8.59. The molecule has 0 spiro atoms. The Kier molecular flexibility index (Phi) is 11.9. The second-order valence-corrected chi connectivity index (χ2v) is 14.8. The zero-order valence-corrected chi connectivity index (χ0v) is 31.6. The predicted molar refractivity (Wildman–Crippen MR) is 206 cm³/mol. The van der Waals surface area contributed by atoms with Crippen LogP contribution in [-0.2, 0) is 4.74 Å². The topological polar surface area (TPSA) is 166 Å². The molecule has 1 fully saturated rings. The molecule has 1 unspecified atom stereocenters. The molecule has 1 aliphatic heterocycles. The first-order valence-corrected chi connectivity index (χ1v) is 17.6. The summed E-state index contributed by atoms with van der Waals surface area (Å²) in [5.41, 5.74) is 9.67. The second kappa shape index (κ2) is 16.2. The molecular formula is C38H42Cl2FN9O3. The van der Waals surface area contributed by atoms with Crippen LogP contribution in [0.4, 0.5) is 26.2 Å². The third kappa shape index (κ3) is 9.39. The molecule has 0 saturated carbocycles. The lowest BCUT2D eigenvalue weighted by Gasteiger charge is -2.37. The first-order valence-electron chi connectivity index (χ1n) is 16.9. The highest BCUT2D eigenvalue weighted by atomic mass is 35.5. The number of rotatable bonds is 9. The van der Waals surface area contributed by atoms with Gasteiger partial charge >= 0.3 is 6.09 Å². The number of pyridine rings is 1. The van der Waals surface area contributed by atoms with E-state index in [1.807, 2.05) is 26.8 Å². The highest BCUT2D eigenvalue weighted by Crippen LogP contribution is 2.37. The number of ether oxygens (including phenoxy) is 1. The summed E-state index contributed by atoms with van der Waals surface area (Å²) in [7, 11) is 3.34. The van der Waals surface area contributed by atoms with Gasteiger partial charge in [-0.25, -0.2) is 15.0 Å². The van der Waals surface area contributed by atoms with Crippen LogP contribution < -0.4 is 22.2 Å². The summed E-state index contributed by atoms with van der Waals surface area (Å²) in [6.45, 7) is 6.42. The van der Waals surface area contributed by atoms with Crippen molar-refractivity contribution in [3.05, 3.63) is 105 Å². The number of hydrazine groups is 1. The number of carbonyl (C=O) groups is 2. The average molecular weight is 763 g/mol. The fourth-order valence-corrected chi connectivity index (χ4v) is 6.39. The molecule has 15 heteroatoms. The number of halogens is 3. The largest absolute Gasteiger partial charge is 0.444 e. The van der Waals surface area contributed by atoms with E-state index in [1.165, 1.54) is 29.3 Å². The molecule has 5 rings (SSSR count). The van der Waals surface area contributed by atoms with Crippen molar-refractivity contribution in [1.29, 1.82) is 5.26 Å². The standard InChI is InChI=1S/C38H42Cl2FN9O3/c1-38(2,3)53-37(52)49-13-11-27(12-14-49)50(44)21-32(43)34(22-7-6-8-23(15-22)36(51)48(4)5)47-26-16-28-33(46-25-9-10-31(41)29(39)17-25)24(19-42)20-45-35(28)30(40)18-26/h6-10,15-18,20-21,27,34,47H,11-14,43-44H2,1-5H3,(H,45,46)/b32-21-. The summed E-state index contributed by atoms with van der Waals surface area (Å²) in [6.07, 6.45) is 3.87. The molecule has 53 heavy (non-hydrogen) atoms. The van der Waals surface area contributed by atoms with E-state index in [0.29, 0.717) is 70.7 Å². The van der Waals surface area contributed by atoms with Crippen LogP contribution >= 0.6 is 23.2 Å². The van der Waals surface area contributed by atoms with E-state index in [9.17, 15) is 19.2 Å². The van der Waals surface area contributed by atoms with E-state index in [4.69, 9.17) is 39.5 Å². The number of hydrogen-bond donors (Lipinski definition) is 4. The number of piperidine rings is 1. The molecule has 3 aromatic carbocycles. The van der Waals surface area contributed by atoms with Gasteiger partial charge in [-0.05, 0) is 81.6 Å². The molecule has 0 radical (unpaired) electrons. The highest BCUT2D eigenvalue weighted by Gasteiger charge is 2.29. The quantitative estimate of drug-likeness (QED) is 0.0990. The van der Waals surface area contributed by atoms with Crippen molar-refractivity contribution in [2.45, 2.75) is 51.3 Å². The minimum Gasteiger partial charge on any atom is -0.444 e. The maximum absolute atomic E-state index is 13.9. The van der Waals surface area contributed by atoms with Gasteiger partial charge in [-0.1, -0.05) is 35.3 Å². The summed E-state index contributed by atoms with van der Waals surface area (Å²) < 4.78 is 19.5. The fraction of sp³-hybridized carbons (Fsp3) is 0.316. The Morgan fingerprint density at radius 1 is 1.09 bits per heavy atom. The van der Waals surface area contributed by atoms with Crippen molar-refractivity contribution in [2.75, 3.05) is 37.8 Å². The number of carbonyl (C=O) groups excluding carboxylic acids is 2. The molecule has 1 atom stereocenters. The first kappa shape index (κ1) is 38.9. The summed E-state index contributed by atoms with van der Waals surface area (Å²) in [4.78, 5) is 33.2. The van der Waals surface area contributed by atoms with E-state index >= 15 is 0 Å². The normalized spacial score (nSPS) is 14.3. The van der Waals surface area contributed by atoms with Crippen LogP contribution in [-0.4, -0.2) is 70.6 Å². The number of hydrogen-bond acceptors (Lipinski definition) is 10. The van der Waals surface area contributed by atoms with E-state index in [2.05, 4.69) is 21.7 Å². The number of nitrogens with one attached hydrogen (secondary N) is 2. The van der Waals surface area contributed by atoms with Crippen molar-refractivity contribution in [2.24, 2.45) is 11.6 Å². The Labute approximate surface area is 318 Å². The first-order chi connectivity index (χ1) is 25.0. The number of amides is 2. The van der Waals surface area contributed by atoms with Crippen LogP contribution in [0.5, 0.6) is 0 Å². The van der Waals surface area contributed by atoms with Crippen molar-refractivity contribution in [1.82, 2.24) is 19.8 Å².